The second-order valence-electron chi connectivity index (χ2n) is 15.1. The first-order valence-corrected chi connectivity index (χ1v) is 14.4. The van der Waals surface area contributed by atoms with Crippen LogP contribution in [0.1, 0.15) is 99.3 Å². The second-order valence-corrected chi connectivity index (χ2v) is 15.1. The van der Waals surface area contributed by atoms with Gasteiger partial charge in [-0.2, -0.15) is 0 Å². The Bertz CT molecular complexity index is 1030. The van der Waals surface area contributed by atoms with Gasteiger partial charge in [-0.05, 0) is 104 Å². The molecule has 5 rings (SSSR count). The van der Waals surface area contributed by atoms with Crippen molar-refractivity contribution >= 4 is 11.9 Å². The lowest BCUT2D eigenvalue weighted by atomic mass is 9.33. The summed E-state index contributed by atoms with van der Waals surface area (Å²) in [6.45, 7) is 13.3. The van der Waals surface area contributed by atoms with E-state index in [1.807, 2.05) is 6.92 Å². The molecule has 0 aromatic carbocycles. The van der Waals surface area contributed by atoms with E-state index in [1.54, 1.807) is 0 Å². The molecule has 0 aromatic heterocycles. The summed E-state index contributed by atoms with van der Waals surface area (Å²) in [4.78, 5) is 25.7. The Hall–Kier alpha value is -1.40. The number of aliphatic hydroxyl groups excluding tert-OH is 2. The number of aliphatic carboxylic acids is 1. The summed E-state index contributed by atoms with van der Waals surface area (Å²) in [6.07, 6.45) is 7.42. The van der Waals surface area contributed by atoms with Gasteiger partial charge in [0.1, 0.15) is 0 Å². The van der Waals surface area contributed by atoms with Gasteiger partial charge >= 0.3 is 11.9 Å². The van der Waals surface area contributed by atoms with Crippen LogP contribution in [0, 0.1) is 50.2 Å². The summed E-state index contributed by atoms with van der Waals surface area (Å²) in [7, 11) is 1.43. The van der Waals surface area contributed by atoms with Crippen molar-refractivity contribution in [3.05, 3.63) is 11.6 Å². The van der Waals surface area contributed by atoms with Crippen molar-refractivity contribution in [3.63, 3.8) is 0 Å². The van der Waals surface area contributed by atoms with E-state index >= 15 is 0 Å². The number of methoxy groups -OCH3 is 1. The van der Waals surface area contributed by atoms with Gasteiger partial charge in [0.2, 0.25) is 0 Å². The van der Waals surface area contributed by atoms with Gasteiger partial charge in [0.15, 0.2) is 0 Å². The lowest BCUT2D eigenvalue weighted by Crippen LogP contribution is -2.67. The minimum absolute atomic E-state index is 0.0514. The third-order valence-electron chi connectivity index (χ3n) is 13.5. The predicted octanol–water partition coefficient (Wildman–Crippen LogP) is 5.36. The van der Waals surface area contributed by atoms with Crippen molar-refractivity contribution < 1.29 is 29.6 Å². The van der Waals surface area contributed by atoms with E-state index in [4.69, 9.17) is 4.74 Å². The van der Waals surface area contributed by atoms with Crippen LogP contribution in [0.25, 0.3) is 0 Å². The van der Waals surface area contributed by atoms with Crippen molar-refractivity contribution in [1.29, 1.82) is 0 Å². The third kappa shape index (κ3) is 3.24. The lowest BCUT2D eigenvalue weighted by Gasteiger charge is -2.71. The summed E-state index contributed by atoms with van der Waals surface area (Å²) >= 11 is 0. The average molecular weight is 517 g/mol. The first-order valence-electron chi connectivity index (χ1n) is 14.4. The molecular weight excluding hydrogens is 468 g/mol. The third-order valence-corrected chi connectivity index (χ3v) is 13.5. The molecule has 3 N–H and O–H groups in total. The number of esters is 1. The van der Waals surface area contributed by atoms with Crippen LogP contribution in [-0.4, -0.2) is 46.6 Å². The van der Waals surface area contributed by atoms with Crippen LogP contribution in [0.5, 0.6) is 0 Å². The highest BCUT2D eigenvalue weighted by atomic mass is 16.5. The van der Waals surface area contributed by atoms with Gasteiger partial charge < -0.3 is 20.1 Å². The maximum absolute atomic E-state index is 12.9. The molecule has 1 unspecified atom stereocenters. The molecule has 208 valence electrons. The highest BCUT2D eigenvalue weighted by Crippen LogP contribution is 2.75. The zero-order valence-electron chi connectivity index (χ0n) is 23.9. The fourth-order valence-electron chi connectivity index (χ4n) is 11.0. The Morgan fingerprint density at radius 3 is 2.19 bits per heavy atom. The number of rotatable bonds is 2. The van der Waals surface area contributed by atoms with Crippen LogP contribution in [0.4, 0.5) is 0 Å². The first kappa shape index (κ1) is 27.2. The molecule has 6 heteroatoms. The number of allylic oxidation sites excluding steroid dienone is 2. The Kier molecular flexibility index (Phi) is 5.92. The molecule has 5 aliphatic carbocycles. The molecular formula is C31H48O6. The van der Waals surface area contributed by atoms with E-state index in [2.05, 4.69) is 40.7 Å². The molecule has 10 atom stereocenters. The van der Waals surface area contributed by atoms with Crippen LogP contribution >= 0.6 is 0 Å². The highest BCUT2D eigenvalue weighted by Gasteiger charge is 2.70. The number of hydrogen-bond acceptors (Lipinski definition) is 5. The van der Waals surface area contributed by atoms with Crippen LogP contribution < -0.4 is 0 Å². The van der Waals surface area contributed by atoms with E-state index in [-0.39, 0.29) is 33.5 Å². The van der Waals surface area contributed by atoms with Crippen molar-refractivity contribution in [3.8, 4) is 0 Å². The molecule has 0 radical (unpaired) electrons. The normalized spacial score (nSPS) is 52.5. The van der Waals surface area contributed by atoms with Crippen molar-refractivity contribution in [2.45, 2.75) is 112 Å². The Morgan fingerprint density at radius 2 is 1.57 bits per heavy atom. The summed E-state index contributed by atoms with van der Waals surface area (Å²) < 4.78 is 5.19. The van der Waals surface area contributed by atoms with Gasteiger partial charge in [-0.3, -0.25) is 9.59 Å². The van der Waals surface area contributed by atoms with Gasteiger partial charge in [0.25, 0.3) is 0 Å². The second kappa shape index (κ2) is 8.06. The minimum Gasteiger partial charge on any atom is -0.481 e. The Labute approximate surface area is 222 Å². The molecule has 0 spiro atoms. The lowest BCUT2D eigenvalue weighted by molar-refractivity contribution is -0.232. The van der Waals surface area contributed by atoms with Gasteiger partial charge in [-0.15, -0.1) is 0 Å². The SMILES string of the molecule is COC(=O)[C@]1(C)CC[C@]2(C(=O)O)CC[C@]3(C)C(=CC[C@@H]4[C@@]5(C)C[C@H](O)[C@H](O)C(C)(C)C5CC[C@]43C)[C@H]2C1. The quantitative estimate of drug-likeness (QED) is 0.337. The number of fused-ring (bicyclic) bond motifs is 7. The fraction of sp³-hybridized carbons (Fsp3) is 0.871. The Balaban J connectivity index is 1.60. The maximum Gasteiger partial charge on any atom is 0.311 e. The van der Waals surface area contributed by atoms with Crippen molar-refractivity contribution in [1.82, 2.24) is 0 Å². The number of carbonyl (C=O) groups is 2. The average Bonchev–Trinajstić information content (AvgIpc) is 2.82. The van der Waals surface area contributed by atoms with Gasteiger partial charge in [0, 0.05) is 0 Å². The standard InChI is InChI=1S/C31H48O6/c1-26(2)21-10-11-30(6)22(28(21,4)17-20(32)23(26)33)9-8-18-19-16-27(3,25(36)37-7)12-14-31(19,24(34)35)15-13-29(18,30)5/h8,19-23,32-33H,9-17H2,1-7H3,(H,34,35)/t19-,20+,21?,22-,23+,27-,28+,29-,30-,31+/m1/s1. The van der Waals surface area contributed by atoms with E-state index < -0.39 is 29.0 Å². The Morgan fingerprint density at radius 1 is 0.919 bits per heavy atom. The van der Waals surface area contributed by atoms with E-state index in [9.17, 15) is 24.9 Å². The number of carboxylic acids is 1. The van der Waals surface area contributed by atoms with E-state index in [1.165, 1.54) is 12.7 Å². The molecule has 0 heterocycles. The zero-order chi connectivity index (χ0) is 27.4. The molecule has 37 heavy (non-hydrogen) atoms. The molecule has 0 bridgehead atoms. The smallest absolute Gasteiger partial charge is 0.311 e. The number of hydrogen-bond donors (Lipinski definition) is 3. The maximum atomic E-state index is 12.9. The molecule has 4 saturated carbocycles. The molecule has 6 nitrogen and oxygen atoms in total. The molecule has 0 saturated heterocycles. The topological polar surface area (TPSA) is 104 Å². The summed E-state index contributed by atoms with van der Waals surface area (Å²) in [5.74, 6) is -0.485. The number of carbonyl (C=O) groups excluding carboxylic acids is 1. The zero-order valence-corrected chi connectivity index (χ0v) is 23.9. The molecule has 5 aliphatic rings. The molecule has 0 aromatic rings. The molecule has 0 amide bonds. The van der Waals surface area contributed by atoms with Gasteiger partial charge in [-0.25, -0.2) is 0 Å². The fourth-order valence-corrected chi connectivity index (χ4v) is 11.0. The summed E-state index contributed by atoms with van der Waals surface area (Å²) in [5.41, 5.74) is -0.947. The van der Waals surface area contributed by atoms with Crippen molar-refractivity contribution in [2.24, 2.45) is 50.2 Å². The van der Waals surface area contributed by atoms with Crippen molar-refractivity contribution in [2.75, 3.05) is 7.11 Å². The number of aliphatic hydroxyl groups is 2. The van der Waals surface area contributed by atoms with E-state index in [0.717, 1.165) is 25.7 Å². The predicted molar refractivity (Wildman–Crippen MR) is 140 cm³/mol. The molecule has 0 aliphatic heterocycles. The van der Waals surface area contributed by atoms with Crippen LogP contribution in [-0.2, 0) is 14.3 Å². The van der Waals surface area contributed by atoms with E-state index in [0.29, 0.717) is 43.9 Å². The monoisotopic (exact) mass is 516 g/mol. The minimum atomic E-state index is -0.823. The number of ether oxygens (including phenoxy) is 1. The highest BCUT2D eigenvalue weighted by molar-refractivity contribution is 5.80. The van der Waals surface area contributed by atoms with Crippen LogP contribution in [0.3, 0.4) is 0 Å². The number of carboxylic acid groups (broad SMARTS) is 1. The first-order chi connectivity index (χ1) is 17.0. The largest absolute Gasteiger partial charge is 0.481 e. The molecule has 4 fully saturated rings. The van der Waals surface area contributed by atoms with Crippen LogP contribution in [0.15, 0.2) is 11.6 Å². The van der Waals surface area contributed by atoms with Gasteiger partial charge in [0.05, 0.1) is 30.1 Å². The summed E-state index contributed by atoms with van der Waals surface area (Å²) in [6, 6.07) is 0. The van der Waals surface area contributed by atoms with Crippen LogP contribution in [0.2, 0.25) is 0 Å². The summed E-state index contributed by atoms with van der Waals surface area (Å²) in [5, 5.41) is 32.5. The van der Waals surface area contributed by atoms with Gasteiger partial charge in [-0.1, -0.05) is 46.3 Å².